The van der Waals surface area contributed by atoms with Gasteiger partial charge in [0.2, 0.25) is 0 Å². The van der Waals surface area contributed by atoms with Crippen LogP contribution in [0.5, 0.6) is 0 Å². The summed E-state index contributed by atoms with van der Waals surface area (Å²) in [6.45, 7) is 1.77. The fourth-order valence-electron chi connectivity index (χ4n) is 2.13. The third-order valence-electron chi connectivity index (χ3n) is 3.54. The van der Waals surface area contributed by atoms with Crippen molar-refractivity contribution < 1.29 is 22.7 Å². The maximum absolute atomic E-state index is 12.0. The van der Waals surface area contributed by atoms with Crippen LogP contribution in [0.4, 0.5) is 0 Å². The molecule has 1 saturated carbocycles. The molecule has 1 aliphatic rings. The number of hydrogen-bond acceptors (Lipinski definition) is 5. The monoisotopic (exact) mass is 290 g/mol. The van der Waals surface area contributed by atoms with Crippen molar-refractivity contribution in [2.24, 2.45) is 5.41 Å². The molecule has 0 N–H and O–H groups in total. The maximum atomic E-state index is 12.0. The van der Waals surface area contributed by atoms with E-state index in [2.05, 4.69) is 4.74 Å². The van der Waals surface area contributed by atoms with Crippen LogP contribution >= 0.6 is 0 Å². The molecule has 0 aliphatic heterocycles. The molecule has 0 amide bonds. The maximum Gasteiger partial charge on any atom is 0.306 e. The highest BCUT2D eigenvalue weighted by atomic mass is 32.2. The summed E-state index contributed by atoms with van der Waals surface area (Å²) in [5, 5.41) is 0. The first-order valence-electron chi connectivity index (χ1n) is 6.61. The van der Waals surface area contributed by atoms with Gasteiger partial charge in [0.05, 0.1) is 25.0 Å². The third-order valence-corrected chi connectivity index (χ3v) is 5.50. The van der Waals surface area contributed by atoms with Gasteiger partial charge in [0.25, 0.3) is 0 Å². The highest BCUT2D eigenvalue weighted by Gasteiger charge is 2.47. The van der Waals surface area contributed by atoms with Gasteiger partial charge in [-0.25, -0.2) is 8.42 Å². The number of rotatable bonds is 9. The average Bonchev–Trinajstić information content (AvgIpc) is 3.06. The molecule has 0 saturated heterocycles. The minimum atomic E-state index is -3.19. The van der Waals surface area contributed by atoms with Gasteiger partial charge in [-0.15, -0.1) is 0 Å². The van der Waals surface area contributed by atoms with Crippen LogP contribution in [0, 0.1) is 5.41 Å². The van der Waals surface area contributed by atoms with E-state index in [4.69, 9.17) is 0 Å². The summed E-state index contributed by atoms with van der Waals surface area (Å²) in [7, 11) is -1.89. The van der Waals surface area contributed by atoms with Gasteiger partial charge < -0.3 is 4.74 Å². The Morgan fingerprint density at radius 3 is 2.37 bits per heavy atom. The van der Waals surface area contributed by atoms with E-state index in [1.165, 1.54) is 7.11 Å². The van der Waals surface area contributed by atoms with Gasteiger partial charge in [-0.3, -0.25) is 9.59 Å². The zero-order chi connectivity index (χ0) is 14.5. The van der Waals surface area contributed by atoms with Crippen molar-refractivity contribution in [1.82, 2.24) is 0 Å². The van der Waals surface area contributed by atoms with Gasteiger partial charge in [0.15, 0.2) is 9.84 Å². The van der Waals surface area contributed by atoms with Gasteiger partial charge >= 0.3 is 5.97 Å². The SMILES string of the molecule is CCC(=O)CCCS(=O)(=O)CC1(CC(=O)OC)CC1. The lowest BCUT2D eigenvalue weighted by Crippen LogP contribution is -2.23. The Kier molecular flexibility index (Phi) is 5.52. The van der Waals surface area contributed by atoms with Gasteiger partial charge in [-0.2, -0.15) is 0 Å². The summed E-state index contributed by atoms with van der Waals surface area (Å²) < 4.78 is 28.5. The minimum Gasteiger partial charge on any atom is -0.469 e. The number of esters is 1. The zero-order valence-corrected chi connectivity index (χ0v) is 12.4. The van der Waals surface area contributed by atoms with E-state index in [0.717, 1.165) is 12.8 Å². The summed E-state index contributed by atoms with van der Waals surface area (Å²) in [4.78, 5) is 22.4. The Morgan fingerprint density at radius 1 is 1.26 bits per heavy atom. The normalized spacial score (nSPS) is 16.9. The standard InChI is InChI=1S/C13H22O5S/c1-3-11(14)5-4-8-19(16,17)10-13(6-7-13)9-12(15)18-2/h3-10H2,1-2H3. The summed E-state index contributed by atoms with van der Waals surface area (Å²) in [5.41, 5.74) is -0.402. The predicted molar refractivity (Wildman–Crippen MR) is 71.5 cm³/mol. The van der Waals surface area contributed by atoms with Crippen molar-refractivity contribution in [3.63, 3.8) is 0 Å². The number of hydrogen-bond donors (Lipinski definition) is 0. The second-order valence-corrected chi connectivity index (χ2v) is 7.52. The zero-order valence-electron chi connectivity index (χ0n) is 11.6. The molecule has 1 aliphatic carbocycles. The fraction of sp³-hybridized carbons (Fsp3) is 0.846. The smallest absolute Gasteiger partial charge is 0.306 e. The quantitative estimate of drug-likeness (QED) is 0.601. The van der Waals surface area contributed by atoms with Crippen molar-refractivity contribution in [2.75, 3.05) is 18.6 Å². The number of sulfone groups is 1. The molecule has 0 unspecified atom stereocenters. The van der Waals surface area contributed by atoms with E-state index in [1.54, 1.807) is 6.92 Å². The van der Waals surface area contributed by atoms with E-state index in [9.17, 15) is 18.0 Å². The Labute approximate surface area is 114 Å². The van der Waals surface area contributed by atoms with Crippen molar-refractivity contribution in [3.05, 3.63) is 0 Å². The minimum absolute atomic E-state index is 0.0294. The molecule has 0 spiro atoms. The Balaban J connectivity index is 2.42. The molecular formula is C13H22O5S. The van der Waals surface area contributed by atoms with Crippen LogP contribution in [0.2, 0.25) is 0 Å². The topological polar surface area (TPSA) is 77.5 Å². The molecular weight excluding hydrogens is 268 g/mol. The van der Waals surface area contributed by atoms with Crippen molar-refractivity contribution in [3.8, 4) is 0 Å². The van der Waals surface area contributed by atoms with Gasteiger partial charge in [0, 0.05) is 12.8 Å². The number of carbonyl (C=O) groups is 2. The Morgan fingerprint density at radius 2 is 1.89 bits per heavy atom. The van der Waals surface area contributed by atoms with E-state index in [1.807, 2.05) is 0 Å². The van der Waals surface area contributed by atoms with Crippen LogP contribution in [0.3, 0.4) is 0 Å². The molecule has 0 radical (unpaired) electrons. The number of carbonyl (C=O) groups excluding carboxylic acids is 2. The van der Waals surface area contributed by atoms with E-state index >= 15 is 0 Å². The molecule has 110 valence electrons. The second kappa shape index (κ2) is 6.50. The van der Waals surface area contributed by atoms with Crippen molar-refractivity contribution in [2.45, 2.75) is 45.4 Å². The number of ketones is 1. The number of Topliss-reactive ketones (excluding diaryl/α,β-unsaturated/α-hetero) is 1. The van der Waals surface area contributed by atoms with Crippen LogP contribution in [0.15, 0.2) is 0 Å². The van der Waals surface area contributed by atoms with Gasteiger partial charge in [0.1, 0.15) is 5.78 Å². The molecule has 1 rings (SSSR count). The Hall–Kier alpha value is -0.910. The van der Waals surface area contributed by atoms with E-state index in [-0.39, 0.29) is 29.7 Å². The molecule has 5 nitrogen and oxygen atoms in total. The van der Waals surface area contributed by atoms with Crippen molar-refractivity contribution >= 4 is 21.6 Å². The van der Waals surface area contributed by atoms with Crippen LogP contribution in [-0.2, 0) is 24.2 Å². The third kappa shape index (κ3) is 5.72. The summed E-state index contributed by atoms with van der Waals surface area (Å²) in [6.07, 6.45) is 2.84. The van der Waals surface area contributed by atoms with Crippen LogP contribution in [0.25, 0.3) is 0 Å². The molecule has 0 bridgehead atoms. The highest BCUT2D eigenvalue weighted by Crippen LogP contribution is 2.50. The molecule has 0 aromatic heterocycles. The van der Waals surface area contributed by atoms with Crippen LogP contribution in [-0.4, -0.2) is 38.8 Å². The second-order valence-electron chi connectivity index (χ2n) is 5.34. The molecule has 0 aromatic carbocycles. The molecule has 0 heterocycles. The largest absolute Gasteiger partial charge is 0.469 e. The molecule has 1 fully saturated rings. The van der Waals surface area contributed by atoms with E-state index in [0.29, 0.717) is 19.3 Å². The summed E-state index contributed by atoms with van der Waals surface area (Å²) >= 11 is 0. The van der Waals surface area contributed by atoms with E-state index < -0.39 is 15.3 Å². The lowest BCUT2D eigenvalue weighted by molar-refractivity contribution is -0.141. The first-order valence-corrected chi connectivity index (χ1v) is 8.43. The fourth-order valence-corrected chi connectivity index (χ4v) is 4.18. The van der Waals surface area contributed by atoms with Crippen LogP contribution in [0.1, 0.15) is 45.4 Å². The first-order chi connectivity index (χ1) is 8.82. The van der Waals surface area contributed by atoms with Crippen molar-refractivity contribution in [1.29, 1.82) is 0 Å². The number of methoxy groups -OCH3 is 1. The molecule has 19 heavy (non-hydrogen) atoms. The van der Waals surface area contributed by atoms with Crippen LogP contribution < -0.4 is 0 Å². The first kappa shape index (κ1) is 16.1. The number of ether oxygens (including phenoxy) is 1. The Bertz CT molecular complexity index is 434. The highest BCUT2D eigenvalue weighted by molar-refractivity contribution is 7.91. The lowest BCUT2D eigenvalue weighted by Gasteiger charge is -2.13. The molecule has 0 aromatic rings. The predicted octanol–water partition coefficient (Wildman–Crippen LogP) is 1.50. The summed E-state index contributed by atoms with van der Waals surface area (Å²) in [5.74, 6) is -0.198. The van der Waals surface area contributed by atoms with Gasteiger partial charge in [-0.1, -0.05) is 6.92 Å². The molecule has 6 heteroatoms. The average molecular weight is 290 g/mol. The van der Waals surface area contributed by atoms with Gasteiger partial charge in [-0.05, 0) is 24.7 Å². The molecule has 0 atom stereocenters. The summed E-state index contributed by atoms with van der Waals surface area (Å²) in [6, 6.07) is 0. The lowest BCUT2D eigenvalue weighted by atomic mass is 10.1.